The van der Waals surface area contributed by atoms with Crippen LogP contribution in [-0.2, 0) is 30.8 Å². The van der Waals surface area contributed by atoms with E-state index in [0.29, 0.717) is 23.9 Å². The Kier molecular flexibility index (Phi) is 6.45. The van der Waals surface area contributed by atoms with Crippen molar-refractivity contribution in [1.82, 2.24) is 15.3 Å². The Morgan fingerprint density at radius 3 is 2.90 bits per heavy atom. The first-order valence-corrected chi connectivity index (χ1v) is 11.4. The molecular weight excluding hydrogens is 413 g/mol. The maximum Gasteiger partial charge on any atom is 0.264 e. The van der Waals surface area contributed by atoms with Crippen LogP contribution >= 0.6 is 0 Å². The van der Waals surface area contributed by atoms with Gasteiger partial charge in [0.1, 0.15) is 5.82 Å². The minimum Gasteiger partial charge on any atom is -0.350 e. The molecule has 1 fully saturated rings. The Balaban J connectivity index is 1.76. The summed E-state index contributed by atoms with van der Waals surface area (Å²) >= 11 is 0. The molecule has 1 aromatic carbocycles. The van der Waals surface area contributed by atoms with Gasteiger partial charge in [0, 0.05) is 37.3 Å². The van der Waals surface area contributed by atoms with Gasteiger partial charge in [-0.15, -0.1) is 6.42 Å². The van der Waals surface area contributed by atoms with Gasteiger partial charge in [0.05, 0.1) is 17.3 Å². The lowest BCUT2D eigenvalue weighted by Crippen LogP contribution is -2.51. The summed E-state index contributed by atoms with van der Waals surface area (Å²) in [5, 5.41) is 4.80. The molecule has 0 radical (unpaired) electrons. The molecule has 0 saturated carbocycles. The monoisotopic (exact) mass is 437 g/mol. The van der Waals surface area contributed by atoms with E-state index in [-0.39, 0.29) is 18.5 Å². The SMILES string of the molecule is C#Cc1cc2cnn(CC[C@](C)(C(=O)NOC3CCCCO3)S(C)(=O)=O)c2cc1F. The topological polar surface area (TPSA) is 99.5 Å². The van der Waals surface area contributed by atoms with Gasteiger partial charge in [-0.1, -0.05) is 5.92 Å². The molecular formula is C20H24FN3O5S. The van der Waals surface area contributed by atoms with Gasteiger partial charge in [-0.05, 0) is 32.3 Å². The lowest BCUT2D eigenvalue weighted by molar-refractivity contribution is -0.201. The molecule has 0 spiro atoms. The Morgan fingerprint density at radius 2 is 2.27 bits per heavy atom. The highest BCUT2D eigenvalue weighted by Crippen LogP contribution is 2.25. The number of amides is 1. The molecule has 2 aromatic rings. The van der Waals surface area contributed by atoms with E-state index >= 15 is 0 Å². The van der Waals surface area contributed by atoms with E-state index in [9.17, 15) is 17.6 Å². The zero-order chi connectivity index (χ0) is 21.9. The summed E-state index contributed by atoms with van der Waals surface area (Å²) in [6.45, 7) is 1.91. The van der Waals surface area contributed by atoms with Gasteiger partial charge < -0.3 is 4.74 Å². The van der Waals surface area contributed by atoms with Gasteiger partial charge in [0.25, 0.3) is 5.91 Å². The van der Waals surface area contributed by atoms with Crippen LogP contribution in [-0.4, -0.2) is 48.0 Å². The summed E-state index contributed by atoms with van der Waals surface area (Å²) in [5.74, 6) is 0.892. The maximum atomic E-state index is 14.1. The number of terminal acetylenes is 1. The number of aromatic nitrogens is 2. The molecule has 1 aliphatic rings. The second kappa shape index (κ2) is 8.71. The number of hydrogen-bond donors (Lipinski definition) is 1. The van der Waals surface area contributed by atoms with Crippen molar-refractivity contribution in [1.29, 1.82) is 0 Å². The second-order valence-electron chi connectivity index (χ2n) is 7.50. The van der Waals surface area contributed by atoms with Crippen LogP contribution in [0.5, 0.6) is 0 Å². The predicted molar refractivity (Wildman–Crippen MR) is 108 cm³/mol. The quantitative estimate of drug-likeness (QED) is 0.525. The third kappa shape index (κ3) is 4.48. The van der Waals surface area contributed by atoms with Crippen molar-refractivity contribution >= 4 is 26.6 Å². The first-order chi connectivity index (χ1) is 14.2. The van der Waals surface area contributed by atoms with Crippen molar-refractivity contribution in [3.05, 3.63) is 29.7 Å². The molecule has 2 atom stereocenters. The number of hydroxylamine groups is 1. The fourth-order valence-electron chi connectivity index (χ4n) is 3.21. The van der Waals surface area contributed by atoms with E-state index in [2.05, 4.69) is 16.5 Å². The van der Waals surface area contributed by atoms with E-state index in [1.807, 2.05) is 0 Å². The highest BCUT2D eigenvalue weighted by molar-refractivity contribution is 7.92. The summed E-state index contributed by atoms with van der Waals surface area (Å²) < 4.78 is 44.0. The predicted octanol–water partition coefficient (Wildman–Crippen LogP) is 1.92. The third-order valence-electron chi connectivity index (χ3n) is 5.41. The number of halogens is 1. The van der Waals surface area contributed by atoms with Crippen molar-refractivity contribution in [2.24, 2.45) is 0 Å². The van der Waals surface area contributed by atoms with Crippen molar-refractivity contribution in [3.63, 3.8) is 0 Å². The second-order valence-corrected chi connectivity index (χ2v) is 9.95. The molecule has 0 bridgehead atoms. The van der Waals surface area contributed by atoms with Crippen molar-refractivity contribution in [3.8, 4) is 12.3 Å². The van der Waals surface area contributed by atoms with E-state index < -0.39 is 32.6 Å². The van der Waals surface area contributed by atoms with Gasteiger partial charge >= 0.3 is 0 Å². The number of fused-ring (bicyclic) bond motifs is 1. The van der Waals surface area contributed by atoms with Crippen molar-refractivity contribution in [2.45, 2.75) is 50.2 Å². The molecule has 1 amide bonds. The average molecular weight is 437 g/mol. The third-order valence-corrected chi connectivity index (χ3v) is 7.43. The number of ether oxygens (including phenoxy) is 1. The first-order valence-electron chi connectivity index (χ1n) is 9.54. The highest BCUT2D eigenvalue weighted by atomic mass is 32.2. The molecule has 8 nitrogen and oxygen atoms in total. The minimum absolute atomic E-state index is 0.0647. The highest BCUT2D eigenvalue weighted by Gasteiger charge is 2.44. The Labute approximate surface area is 174 Å². The maximum absolute atomic E-state index is 14.1. The van der Waals surface area contributed by atoms with Gasteiger partial charge in [-0.3, -0.25) is 9.48 Å². The molecule has 1 saturated heterocycles. The molecule has 0 aliphatic carbocycles. The molecule has 10 heteroatoms. The number of nitrogens with one attached hydrogen (secondary N) is 1. The van der Waals surface area contributed by atoms with Crippen LogP contribution in [0.3, 0.4) is 0 Å². The number of rotatable bonds is 7. The van der Waals surface area contributed by atoms with Crippen LogP contribution in [0, 0.1) is 18.2 Å². The van der Waals surface area contributed by atoms with Gasteiger partial charge in [-0.2, -0.15) is 5.10 Å². The van der Waals surface area contributed by atoms with Gasteiger partial charge in [-0.25, -0.2) is 23.1 Å². The average Bonchev–Trinajstić information content (AvgIpc) is 3.11. The normalized spacial score (nSPS) is 19.2. The summed E-state index contributed by atoms with van der Waals surface area (Å²) in [6, 6.07) is 2.74. The Bertz CT molecular complexity index is 1090. The number of carbonyl (C=O) groups excluding carboxylic acids is 1. The van der Waals surface area contributed by atoms with Crippen molar-refractivity contribution < 1.29 is 27.2 Å². The van der Waals surface area contributed by atoms with E-state index in [1.54, 1.807) is 0 Å². The fourth-order valence-corrected chi connectivity index (χ4v) is 4.05. The number of aryl methyl sites for hydroxylation is 1. The van der Waals surface area contributed by atoms with Crippen LogP contribution in [0.2, 0.25) is 0 Å². The summed E-state index contributed by atoms with van der Waals surface area (Å²) in [5.41, 5.74) is 2.80. The molecule has 2 heterocycles. The molecule has 1 N–H and O–H groups in total. The minimum atomic E-state index is -3.82. The van der Waals surface area contributed by atoms with Crippen LogP contribution in [0.25, 0.3) is 10.9 Å². The lowest BCUT2D eigenvalue weighted by atomic mass is 10.1. The molecule has 1 unspecified atom stereocenters. The number of nitrogens with zero attached hydrogens (tertiary/aromatic N) is 2. The zero-order valence-electron chi connectivity index (χ0n) is 16.9. The van der Waals surface area contributed by atoms with E-state index in [1.165, 1.54) is 29.9 Å². The van der Waals surface area contributed by atoms with Gasteiger partial charge in [0.15, 0.2) is 20.9 Å². The van der Waals surface area contributed by atoms with Gasteiger partial charge in [0.2, 0.25) is 0 Å². The number of hydrogen-bond acceptors (Lipinski definition) is 6. The summed E-state index contributed by atoms with van der Waals surface area (Å²) in [7, 11) is -3.82. The van der Waals surface area contributed by atoms with Crippen LogP contribution < -0.4 is 5.48 Å². The summed E-state index contributed by atoms with van der Waals surface area (Å²) in [6.07, 6.45) is 9.50. The Hall–Kier alpha value is -2.48. The van der Waals surface area contributed by atoms with Crippen molar-refractivity contribution in [2.75, 3.05) is 12.9 Å². The number of carbonyl (C=O) groups is 1. The molecule has 1 aromatic heterocycles. The van der Waals surface area contributed by atoms with Crippen LogP contribution in [0.15, 0.2) is 18.3 Å². The van der Waals surface area contributed by atoms with E-state index in [4.69, 9.17) is 16.0 Å². The fraction of sp³-hybridized carbons (Fsp3) is 0.500. The molecule has 30 heavy (non-hydrogen) atoms. The number of benzene rings is 1. The molecule has 3 rings (SSSR count). The zero-order valence-corrected chi connectivity index (χ0v) is 17.7. The largest absolute Gasteiger partial charge is 0.350 e. The van der Waals surface area contributed by atoms with Crippen LogP contribution in [0.4, 0.5) is 4.39 Å². The smallest absolute Gasteiger partial charge is 0.264 e. The molecule has 162 valence electrons. The van der Waals surface area contributed by atoms with Crippen LogP contribution in [0.1, 0.15) is 38.2 Å². The Morgan fingerprint density at radius 1 is 1.50 bits per heavy atom. The number of sulfone groups is 1. The first kappa shape index (κ1) is 22.2. The lowest BCUT2D eigenvalue weighted by Gasteiger charge is -2.28. The summed E-state index contributed by atoms with van der Waals surface area (Å²) in [4.78, 5) is 18.0. The molecule has 1 aliphatic heterocycles. The van der Waals surface area contributed by atoms with E-state index in [0.717, 1.165) is 19.1 Å². The standard InChI is InChI=1S/C20H24FN3O5S/c1-4-14-11-15-13-22-24(17(15)12-16(14)21)9-8-20(2,30(3,26)27)19(25)23-29-18-7-5-6-10-28-18/h1,11-13,18H,5-10H2,2-3H3,(H,23,25)/t18?,20-/m1/s1.